The molecule has 2 aliphatic carbocycles. The van der Waals surface area contributed by atoms with E-state index in [-0.39, 0.29) is 24.0 Å². The van der Waals surface area contributed by atoms with Crippen molar-refractivity contribution in [2.24, 2.45) is 5.92 Å². The maximum atomic E-state index is 9.45. The Morgan fingerprint density at radius 1 is 0.962 bits per heavy atom. The van der Waals surface area contributed by atoms with E-state index in [1.165, 1.54) is 0 Å². The normalized spacial score (nSPS) is 19.8. The van der Waals surface area contributed by atoms with E-state index in [1.54, 1.807) is 0 Å². The standard InChI is InChI=1S/C23H16N2O/c24-12-18(13-25)23-21-4-2-1-3-19(21)20-10-9-17(11-22(20)23)16-7-5-15(14-26)6-8-16/h1-11,20,22,26H,14H2. The number of benzene rings is 2. The minimum Gasteiger partial charge on any atom is -0.392 e. The third kappa shape index (κ3) is 2.47. The van der Waals surface area contributed by atoms with Gasteiger partial charge in [0.05, 0.1) is 6.61 Å². The maximum absolute atomic E-state index is 9.45. The molecule has 0 amide bonds. The van der Waals surface area contributed by atoms with E-state index >= 15 is 0 Å². The predicted molar refractivity (Wildman–Crippen MR) is 100 cm³/mol. The molecule has 2 atom stereocenters. The zero-order valence-corrected chi connectivity index (χ0v) is 14.1. The molecule has 2 aromatic rings. The predicted octanol–water partition coefficient (Wildman–Crippen LogP) is 4.35. The zero-order valence-electron chi connectivity index (χ0n) is 14.1. The molecule has 2 aromatic carbocycles. The van der Waals surface area contributed by atoms with E-state index in [9.17, 15) is 15.6 Å². The number of rotatable bonds is 2. The van der Waals surface area contributed by atoms with E-state index in [4.69, 9.17) is 0 Å². The summed E-state index contributed by atoms with van der Waals surface area (Å²) in [6.07, 6.45) is 6.42. The Balaban J connectivity index is 1.84. The molecule has 26 heavy (non-hydrogen) atoms. The molecule has 124 valence electrons. The highest BCUT2D eigenvalue weighted by Crippen LogP contribution is 2.51. The lowest BCUT2D eigenvalue weighted by Crippen LogP contribution is -2.07. The highest BCUT2D eigenvalue weighted by molar-refractivity contribution is 5.88. The van der Waals surface area contributed by atoms with Gasteiger partial charge in [0.15, 0.2) is 0 Å². The number of hydrogen-bond acceptors (Lipinski definition) is 3. The number of nitrogens with zero attached hydrogens (tertiary/aromatic N) is 2. The minimum atomic E-state index is -0.0146. The Morgan fingerprint density at radius 3 is 2.38 bits per heavy atom. The summed E-state index contributed by atoms with van der Waals surface area (Å²) >= 11 is 0. The van der Waals surface area contributed by atoms with Gasteiger partial charge in [-0.1, -0.05) is 66.8 Å². The van der Waals surface area contributed by atoms with Crippen LogP contribution in [0.3, 0.4) is 0 Å². The van der Waals surface area contributed by atoms with Crippen molar-refractivity contribution in [3.05, 3.63) is 94.6 Å². The molecule has 0 bridgehead atoms. The number of hydrogen-bond donors (Lipinski definition) is 1. The Labute approximate surface area is 152 Å². The molecule has 4 rings (SSSR count). The molecule has 3 nitrogen and oxygen atoms in total. The molecule has 0 saturated heterocycles. The van der Waals surface area contributed by atoms with Crippen molar-refractivity contribution in [2.45, 2.75) is 12.5 Å². The summed E-state index contributed by atoms with van der Waals surface area (Å²) in [7, 11) is 0. The Bertz CT molecular complexity index is 1030. The van der Waals surface area contributed by atoms with Crippen LogP contribution in [0.25, 0.3) is 11.1 Å². The third-order valence-electron chi connectivity index (χ3n) is 5.14. The van der Waals surface area contributed by atoms with Gasteiger partial charge in [-0.3, -0.25) is 0 Å². The molecule has 0 spiro atoms. The second-order valence-corrected chi connectivity index (χ2v) is 6.49. The molecule has 0 radical (unpaired) electrons. The summed E-state index contributed by atoms with van der Waals surface area (Å²) in [5, 5.41) is 28.1. The quantitative estimate of drug-likeness (QED) is 0.829. The van der Waals surface area contributed by atoms with Crippen LogP contribution in [0.4, 0.5) is 0 Å². The molecule has 3 heteroatoms. The van der Waals surface area contributed by atoms with Gasteiger partial charge in [-0.05, 0) is 33.4 Å². The largest absolute Gasteiger partial charge is 0.392 e. The zero-order chi connectivity index (χ0) is 18.1. The van der Waals surface area contributed by atoms with Crippen LogP contribution in [-0.2, 0) is 6.61 Å². The van der Waals surface area contributed by atoms with Gasteiger partial charge >= 0.3 is 0 Å². The fourth-order valence-corrected chi connectivity index (χ4v) is 3.89. The van der Waals surface area contributed by atoms with Crippen molar-refractivity contribution in [3.8, 4) is 12.1 Å². The van der Waals surface area contributed by atoms with Gasteiger partial charge in [0.1, 0.15) is 17.7 Å². The van der Waals surface area contributed by atoms with Gasteiger partial charge in [0, 0.05) is 11.8 Å². The first-order chi connectivity index (χ1) is 12.8. The highest BCUT2D eigenvalue weighted by Gasteiger charge is 2.37. The van der Waals surface area contributed by atoms with Gasteiger partial charge in [0.25, 0.3) is 0 Å². The topological polar surface area (TPSA) is 67.8 Å². The average Bonchev–Trinajstić information content (AvgIpc) is 3.03. The van der Waals surface area contributed by atoms with Crippen LogP contribution in [0.15, 0.2) is 72.3 Å². The van der Waals surface area contributed by atoms with Crippen LogP contribution in [0.2, 0.25) is 0 Å². The summed E-state index contributed by atoms with van der Waals surface area (Å²) in [4.78, 5) is 0. The molecule has 0 aliphatic heterocycles. The van der Waals surface area contributed by atoms with Crippen LogP contribution in [-0.4, -0.2) is 5.11 Å². The number of aliphatic hydroxyl groups excluding tert-OH is 1. The Kier molecular flexibility index (Phi) is 4.01. The Morgan fingerprint density at radius 2 is 1.69 bits per heavy atom. The SMILES string of the molecule is N#CC(C#N)=C1c2ccccc2C2C=CC(c3ccc(CO)cc3)=CC12. The van der Waals surface area contributed by atoms with Gasteiger partial charge in [-0.2, -0.15) is 10.5 Å². The first-order valence-electron chi connectivity index (χ1n) is 8.50. The number of allylic oxidation sites excluding steroid dienone is 6. The third-order valence-corrected chi connectivity index (χ3v) is 5.14. The highest BCUT2D eigenvalue weighted by atomic mass is 16.3. The lowest BCUT2D eigenvalue weighted by Gasteiger charge is -2.21. The van der Waals surface area contributed by atoms with Crippen LogP contribution in [0, 0.1) is 28.6 Å². The van der Waals surface area contributed by atoms with Gasteiger partial charge in [0.2, 0.25) is 0 Å². The van der Waals surface area contributed by atoms with E-state index < -0.39 is 0 Å². The molecule has 0 fully saturated rings. The van der Waals surface area contributed by atoms with E-state index in [1.807, 2.05) is 42.5 Å². The van der Waals surface area contributed by atoms with Crippen molar-refractivity contribution in [1.29, 1.82) is 10.5 Å². The molecule has 2 unspecified atom stereocenters. The smallest absolute Gasteiger partial charge is 0.134 e. The van der Waals surface area contributed by atoms with Crippen molar-refractivity contribution >= 4 is 11.1 Å². The fraction of sp³-hybridized carbons (Fsp3) is 0.130. The minimum absolute atomic E-state index is 0.0146. The molecule has 0 heterocycles. The lowest BCUT2D eigenvalue weighted by molar-refractivity contribution is 0.282. The summed E-state index contributed by atoms with van der Waals surface area (Å²) in [6, 6.07) is 20.0. The monoisotopic (exact) mass is 336 g/mol. The van der Waals surface area contributed by atoms with Crippen molar-refractivity contribution in [2.75, 3.05) is 0 Å². The summed E-state index contributed by atoms with van der Waals surface area (Å²) in [5.74, 6) is 0.137. The van der Waals surface area contributed by atoms with E-state index in [0.29, 0.717) is 0 Å². The summed E-state index contributed by atoms with van der Waals surface area (Å²) < 4.78 is 0. The first kappa shape index (κ1) is 16.1. The van der Waals surface area contributed by atoms with Crippen molar-refractivity contribution < 1.29 is 5.11 Å². The van der Waals surface area contributed by atoms with Crippen LogP contribution in [0.5, 0.6) is 0 Å². The lowest BCUT2D eigenvalue weighted by atomic mass is 9.82. The number of fused-ring (bicyclic) bond motifs is 3. The van der Waals surface area contributed by atoms with E-state index in [0.717, 1.165) is 33.4 Å². The van der Waals surface area contributed by atoms with Crippen LogP contribution < -0.4 is 0 Å². The second kappa shape index (κ2) is 6.48. The number of nitriles is 2. The van der Waals surface area contributed by atoms with Crippen LogP contribution in [0.1, 0.15) is 28.2 Å². The molecule has 0 saturated carbocycles. The average molecular weight is 336 g/mol. The van der Waals surface area contributed by atoms with Crippen molar-refractivity contribution in [1.82, 2.24) is 0 Å². The molecule has 1 N–H and O–H groups in total. The summed E-state index contributed by atoms with van der Waals surface area (Å²) in [5.41, 5.74) is 6.17. The fourth-order valence-electron chi connectivity index (χ4n) is 3.89. The molecule has 0 aromatic heterocycles. The van der Waals surface area contributed by atoms with Crippen LogP contribution >= 0.6 is 0 Å². The Hall–Kier alpha value is -3.40. The van der Waals surface area contributed by atoms with Gasteiger partial charge < -0.3 is 5.11 Å². The van der Waals surface area contributed by atoms with Gasteiger partial charge in [-0.15, -0.1) is 0 Å². The molecule has 2 aliphatic rings. The van der Waals surface area contributed by atoms with E-state index in [2.05, 4.69) is 36.4 Å². The maximum Gasteiger partial charge on any atom is 0.134 e. The number of aliphatic hydroxyl groups is 1. The van der Waals surface area contributed by atoms with Crippen molar-refractivity contribution in [3.63, 3.8) is 0 Å². The summed E-state index contributed by atoms with van der Waals surface area (Å²) in [6.45, 7) is 0.0236. The molecular weight excluding hydrogens is 320 g/mol. The van der Waals surface area contributed by atoms with Gasteiger partial charge in [-0.25, -0.2) is 0 Å². The second-order valence-electron chi connectivity index (χ2n) is 6.49. The molecular formula is C23H16N2O. The first-order valence-corrected chi connectivity index (χ1v) is 8.50.